The van der Waals surface area contributed by atoms with Crippen LogP contribution in [0.4, 0.5) is 11.4 Å². The molecule has 4 rings (SSSR count). The Kier molecular flexibility index (Phi) is 7.77. The zero-order chi connectivity index (χ0) is 24.8. The molecule has 1 fully saturated rings. The van der Waals surface area contributed by atoms with Crippen LogP contribution in [0.15, 0.2) is 65.8 Å². The highest BCUT2D eigenvalue weighted by Gasteiger charge is 2.27. The predicted octanol–water partition coefficient (Wildman–Crippen LogP) is 4.42. The van der Waals surface area contributed by atoms with E-state index in [1.165, 1.54) is 16.7 Å². The van der Waals surface area contributed by atoms with E-state index in [0.29, 0.717) is 43.3 Å². The van der Waals surface area contributed by atoms with Crippen LogP contribution in [0.5, 0.6) is 0 Å². The van der Waals surface area contributed by atoms with E-state index in [1.54, 1.807) is 18.2 Å². The van der Waals surface area contributed by atoms with Gasteiger partial charge in [0.2, 0.25) is 10.0 Å². The largest absolute Gasteiger partial charge is 0.370 e. The summed E-state index contributed by atoms with van der Waals surface area (Å²) < 4.78 is 28.1. The lowest BCUT2D eigenvalue weighted by atomic mass is 10.2. The Hall–Kier alpha value is -3.30. The third-order valence-corrected chi connectivity index (χ3v) is 8.11. The second-order valence-electron chi connectivity index (χ2n) is 8.43. The van der Waals surface area contributed by atoms with Gasteiger partial charge in [0.25, 0.3) is 5.91 Å². The maximum atomic E-state index is 13.3. The van der Waals surface area contributed by atoms with E-state index < -0.39 is 15.9 Å². The van der Waals surface area contributed by atoms with Crippen LogP contribution < -0.4 is 10.2 Å². The maximum absolute atomic E-state index is 13.3. The molecule has 1 N–H and O–H groups in total. The number of anilines is 2. The lowest BCUT2D eigenvalue weighted by molar-refractivity contribution is 0.102. The summed E-state index contributed by atoms with van der Waals surface area (Å²) in [5.74, 6) is 0.131. The third-order valence-electron chi connectivity index (χ3n) is 6.22. The fourth-order valence-corrected chi connectivity index (χ4v) is 5.79. The smallest absolute Gasteiger partial charge is 0.258 e. The van der Waals surface area contributed by atoms with E-state index in [2.05, 4.69) is 20.2 Å². The topological polar surface area (TPSA) is 95.5 Å². The normalized spacial score (nSPS) is 14.5. The highest BCUT2D eigenvalue weighted by molar-refractivity contribution is 7.89. The van der Waals surface area contributed by atoms with Crippen molar-refractivity contribution in [2.45, 2.75) is 38.0 Å². The molecular weight excluding hydrogens is 462 g/mol. The molecule has 2 aromatic carbocycles. The Labute approximate surface area is 207 Å². The highest BCUT2D eigenvalue weighted by atomic mass is 32.2. The fourth-order valence-electron chi connectivity index (χ4n) is 4.25. The number of hydrogen-bond acceptors (Lipinski definition) is 6. The first-order valence-electron chi connectivity index (χ1n) is 12.0. The van der Waals surface area contributed by atoms with Crippen LogP contribution in [0.1, 0.15) is 43.5 Å². The molecule has 0 unspecified atom stereocenters. The monoisotopic (exact) mass is 493 g/mol. The molecule has 0 spiro atoms. The van der Waals surface area contributed by atoms with Gasteiger partial charge in [0.1, 0.15) is 0 Å². The third kappa shape index (κ3) is 5.52. The van der Waals surface area contributed by atoms with Crippen LogP contribution in [-0.4, -0.2) is 54.8 Å². The second kappa shape index (κ2) is 11.0. The van der Waals surface area contributed by atoms with Gasteiger partial charge in [-0.2, -0.15) is 4.31 Å². The van der Waals surface area contributed by atoms with Crippen molar-refractivity contribution in [2.75, 3.05) is 36.4 Å². The van der Waals surface area contributed by atoms with Crippen LogP contribution in [0.25, 0.3) is 11.4 Å². The summed E-state index contributed by atoms with van der Waals surface area (Å²) >= 11 is 0. The van der Waals surface area contributed by atoms with Crippen molar-refractivity contribution in [1.29, 1.82) is 0 Å². The van der Waals surface area contributed by atoms with Crippen molar-refractivity contribution >= 4 is 27.3 Å². The van der Waals surface area contributed by atoms with Crippen LogP contribution in [0.3, 0.4) is 0 Å². The summed E-state index contributed by atoms with van der Waals surface area (Å²) in [6, 6.07) is 14.5. The summed E-state index contributed by atoms with van der Waals surface area (Å²) in [6.07, 6.45) is 5.73. The minimum atomic E-state index is -3.64. The zero-order valence-electron chi connectivity index (χ0n) is 20.1. The molecule has 1 aliphatic rings. The van der Waals surface area contributed by atoms with E-state index >= 15 is 0 Å². The van der Waals surface area contributed by atoms with E-state index in [4.69, 9.17) is 0 Å². The molecule has 35 heavy (non-hydrogen) atoms. The molecule has 0 bridgehead atoms. The molecule has 1 aromatic heterocycles. The van der Waals surface area contributed by atoms with Crippen LogP contribution >= 0.6 is 0 Å². The van der Waals surface area contributed by atoms with E-state index in [9.17, 15) is 13.2 Å². The summed E-state index contributed by atoms with van der Waals surface area (Å²) in [6.45, 7) is 6.51. The van der Waals surface area contributed by atoms with E-state index in [-0.39, 0.29) is 4.90 Å². The number of nitrogens with one attached hydrogen (secondary N) is 1. The Morgan fingerprint density at radius 3 is 2.26 bits per heavy atom. The molecule has 0 radical (unpaired) electrons. The average molecular weight is 494 g/mol. The molecule has 1 saturated heterocycles. The molecule has 184 valence electrons. The number of hydrogen-bond donors (Lipinski definition) is 1. The Balaban J connectivity index is 1.63. The van der Waals surface area contributed by atoms with Gasteiger partial charge >= 0.3 is 0 Å². The summed E-state index contributed by atoms with van der Waals surface area (Å²) in [4.78, 5) is 24.0. The number of amides is 1. The van der Waals surface area contributed by atoms with Gasteiger partial charge in [0.15, 0.2) is 5.82 Å². The van der Waals surface area contributed by atoms with Gasteiger partial charge in [0.05, 0.1) is 21.8 Å². The highest BCUT2D eigenvalue weighted by Crippen LogP contribution is 2.31. The van der Waals surface area contributed by atoms with Crippen LogP contribution in [0.2, 0.25) is 0 Å². The van der Waals surface area contributed by atoms with E-state index in [1.807, 2.05) is 44.2 Å². The van der Waals surface area contributed by atoms with Crippen LogP contribution in [-0.2, 0) is 10.0 Å². The van der Waals surface area contributed by atoms with Gasteiger partial charge in [-0.05, 0) is 44.9 Å². The molecule has 0 atom stereocenters. The number of piperidine rings is 1. The minimum Gasteiger partial charge on any atom is -0.370 e. The Morgan fingerprint density at radius 1 is 0.971 bits per heavy atom. The first-order chi connectivity index (χ1) is 16.9. The zero-order valence-corrected chi connectivity index (χ0v) is 21.0. The van der Waals surface area contributed by atoms with Gasteiger partial charge < -0.3 is 10.2 Å². The van der Waals surface area contributed by atoms with Gasteiger partial charge in [-0.3, -0.25) is 4.79 Å². The lowest BCUT2D eigenvalue weighted by Crippen LogP contribution is -2.35. The molecule has 0 aliphatic carbocycles. The summed E-state index contributed by atoms with van der Waals surface area (Å²) in [5, 5.41) is 2.91. The van der Waals surface area contributed by atoms with Crippen molar-refractivity contribution in [3.05, 3.63) is 66.5 Å². The van der Waals surface area contributed by atoms with Gasteiger partial charge in [0, 0.05) is 44.1 Å². The fraction of sp³-hybridized carbons (Fsp3) is 0.346. The van der Waals surface area contributed by atoms with Crippen molar-refractivity contribution in [3.63, 3.8) is 0 Å². The minimum absolute atomic E-state index is 0.182. The molecule has 9 heteroatoms. The number of benzene rings is 2. The van der Waals surface area contributed by atoms with E-state index in [0.717, 1.165) is 30.5 Å². The van der Waals surface area contributed by atoms with Gasteiger partial charge in [-0.25, -0.2) is 18.4 Å². The lowest BCUT2D eigenvalue weighted by Gasteiger charge is -2.28. The number of aromatic nitrogens is 2. The number of nitrogens with zero attached hydrogens (tertiary/aromatic N) is 4. The second-order valence-corrected chi connectivity index (χ2v) is 10.4. The molecule has 1 amide bonds. The van der Waals surface area contributed by atoms with Gasteiger partial charge in [-0.1, -0.05) is 36.8 Å². The molecule has 1 aliphatic heterocycles. The molecule has 2 heterocycles. The summed E-state index contributed by atoms with van der Waals surface area (Å²) in [7, 11) is -3.64. The predicted molar refractivity (Wildman–Crippen MR) is 138 cm³/mol. The first kappa shape index (κ1) is 24.8. The molecule has 8 nitrogen and oxygen atoms in total. The molecular formula is C26H31N5O3S. The maximum Gasteiger partial charge on any atom is 0.258 e. The standard InChI is InChI=1S/C26H31N5O3S/c1-3-30(4-2)24-14-13-22(35(33,34)31-15-9-6-10-16-31)17-23(24)29-26(32)21-18-27-25(28-19-21)20-11-7-5-8-12-20/h5,7-8,11-14,17-19H,3-4,6,9-10,15-16H2,1-2H3,(H,29,32). The summed E-state index contributed by atoms with van der Waals surface area (Å²) in [5.41, 5.74) is 2.37. The number of rotatable bonds is 8. The van der Waals surface area contributed by atoms with Crippen LogP contribution in [0, 0.1) is 0 Å². The van der Waals surface area contributed by atoms with Crippen molar-refractivity contribution in [3.8, 4) is 11.4 Å². The average Bonchev–Trinajstić information content (AvgIpc) is 2.91. The van der Waals surface area contributed by atoms with Crippen molar-refractivity contribution in [2.24, 2.45) is 0 Å². The quantitative estimate of drug-likeness (QED) is 0.499. The number of carbonyl (C=O) groups is 1. The van der Waals surface area contributed by atoms with Crippen molar-refractivity contribution < 1.29 is 13.2 Å². The van der Waals surface area contributed by atoms with Crippen molar-refractivity contribution in [1.82, 2.24) is 14.3 Å². The Morgan fingerprint density at radius 2 is 1.63 bits per heavy atom. The molecule has 0 saturated carbocycles. The number of sulfonamides is 1. The number of carbonyl (C=O) groups excluding carboxylic acids is 1. The first-order valence-corrected chi connectivity index (χ1v) is 13.5. The Bertz CT molecular complexity index is 1250. The molecule has 3 aromatic rings. The SMILES string of the molecule is CCN(CC)c1ccc(S(=O)(=O)N2CCCCC2)cc1NC(=O)c1cnc(-c2ccccc2)nc1. The van der Waals surface area contributed by atoms with Gasteiger partial charge in [-0.15, -0.1) is 0 Å².